The number of anilines is 1. The van der Waals surface area contributed by atoms with Gasteiger partial charge < -0.3 is 15.4 Å². The number of hydrogen-bond donors (Lipinski definition) is 2. The Balaban J connectivity index is 1.83. The van der Waals surface area contributed by atoms with Crippen LogP contribution in [0, 0.1) is 11.8 Å². The molecule has 0 bridgehead atoms. The van der Waals surface area contributed by atoms with E-state index in [0.29, 0.717) is 24.9 Å². The molecule has 22 heavy (non-hydrogen) atoms. The lowest BCUT2D eigenvalue weighted by molar-refractivity contribution is -0.117. The predicted octanol–water partition coefficient (Wildman–Crippen LogP) is 3.44. The molecular weight excluding hydrogens is 276 g/mol. The topological polar surface area (TPSA) is 50.4 Å². The summed E-state index contributed by atoms with van der Waals surface area (Å²) in [5.41, 5.74) is 0.816. The lowest BCUT2D eigenvalue weighted by Gasteiger charge is -2.27. The van der Waals surface area contributed by atoms with Gasteiger partial charge in [-0.05, 0) is 56.3 Å². The normalized spacial score (nSPS) is 17.0. The van der Waals surface area contributed by atoms with E-state index in [4.69, 9.17) is 4.74 Å². The molecule has 1 heterocycles. The fourth-order valence-electron chi connectivity index (χ4n) is 2.97. The van der Waals surface area contributed by atoms with Gasteiger partial charge in [0.05, 0.1) is 6.61 Å². The summed E-state index contributed by atoms with van der Waals surface area (Å²) in [5.74, 6) is 2.00. The SMILES string of the molecule is CCCOc1cccc(NC(=O)CC(C)C2CCNCC2)c1. The first kappa shape index (κ1) is 16.8. The van der Waals surface area contributed by atoms with Gasteiger partial charge >= 0.3 is 0 Å². The average molecular weight is 304 g/mol. The quantitative estimate of drug-likeness (QED) is 0.811. The molecule has 1 unspecified atom stereocenters. The highest BCUT2D eigenvalue weighted by Gasteiger charge is 2.22. The van der Waals surface area contributed by atoms with Gasteiger partial charge in [-0.15, -0.1) is 0 Å². The fourth-order valence-corrected chi connectivity index (χ4v) is 2.97. The van der Waals surface area contributed by atoms with Crippen molar-refractivity contribution in [1.29, 1.82) is 0 Å². The van der Waals surface area contributed by atoms with Crippen LogP contribution in [0.3, 0.4) is 0 Å². The molecule has 1 amide bonds. The second-order valence-electron chi connectivity index (χ2n) is 6.19. The number of carbonyl (C=O) groups excluding carboxylic acids is 1. The summed E-state index contributed by atoms with van der Waals surface area (Å²) in [4.78, 5) is 12.2. The number of hydrogen-bond acceptors (Lipinski definition) is 3. The highest BCUT2D eigenvalue weighted by molar-refractivity contribution is 5.91. The molecule has 1 fully saturated rings. The van der Waals surface area contributed by atoms with Crippen LogP contribution in [0.15, 0.2) is 24.3 Å². The van der Waals surface area contributed by atoms with E-state index in [2.05, 4.69) is 24.5 Å². The van der Waals surface area contributed by atoms with Crippen molar-refractivity contribution in [2.75, 3.05) is 25.0 Å². The van der Waals surface area contributed by atoms with Gasteiger partial charge in [-0.2, -0.15) is 0 Å². The number of benzene rings is 1. The van der Waals surface area contributed by atoms with Crippen LogP contribution in [0.4, 0.5) is 5.69 Å². The first-order valence-corrected chi connectivity index (χ1v) is 8.42. The molecule has 1 saturated heterocycles. The van der Waals surface area contributed by atoms with E-state index >= 15 is 0 Å². The van der Waals surface area contributed by atoms with E-state index in [1.165, 1.54) is 12.8 Å². The van der Waals surface area contributed by atoms with Gasteiger partial charge in [0.15, 0.2) is 0 Å². The Hall–Kier alpha value is -1.55. The number of piperidine rings is 1. The largest absolute Gasteiger partial charge is 0.494 e. The number of rotatable bonds is 7. The minimum absolute atomic E-state index is 0.0960. The Morgan fingerprint density at radius 2 is 2.18 bits per heavy atom. The Morgan fingerprint density at radius 1 is 1.41 bits per heavy atom. The van der Waals surface area contributed by atoms with Crippen molar-refractivity contribution in [2.24, 2.45) is 11.8 Å². The number of ether oxygens (including phenoxy) is 1. The first-order valence-electron chi connectivity index (χ1n) is 8.42. The van der Waals surface area contributed by atoms with Crippen LogP contribution >= 0.6 is 0 Å². The molecule has 122 valence electrons. The van der Waals surface area contributed by atoms with Gasteiger partial charge in [0.1, 0.15) is 5.75 Å². The molecule has 4 nitrogen and oxygen atoms in total. The molecule has 2 N–H and O–H groups in total. The van der Waals surface area contributed by atoms with Crippen LogP contribution < -0.4 is 15.4 Å². The Bertz CT molecular complexity index is 470. The van der Waals surface area contributed by atoms with Gasteiger partial charge in [-0.25, -0.2) is 0 Å². The van der Waals surface area contributed by atoms with Crippen molar-refractivity contribution in [3.63, 3.8) is 0 Å². The Morgan fingerprint density at radius 3 is 2.91 bits per heavy atom. The number of carbonyl (C=O) groups is 1. The zero-order chi connectivity index (χ0) is 15.8. The first-order chi connectivity index (χ1) is 10.7. The molecule has 1 aromatic carbocycles. The standard InChI is InChI=1S/C18H28N2O2/c1-3-11-22-17-6-4-5-16(13-17)20-18(21)12-14(2)15-7-9-19-10-8-15/h4-6,13-15,19H,3,7-12H2,1-2H3,(H,20,21). The highest BCUT2D eigenvalue weighted by Crippen LogP contribution is 2.25. The van der Waals surface area contributed by atoms with Gasteiger partial charge in [-0.1, -0.05) is 19.9 Å². The van der Waals surface area contributed by atoms with E-state index in [0.717, 1.165) is 30.9 Å². The maximum atomic E-state index is 12.2. The maximum Gasteiger partial charge on any atom is 0.224 e. The Kier molecular flexibility index (Phi) is 6.72. The fraction of sp³-hybridized carbons (Fsp3) is 0.611. The third kappa shape index (κ3) is 5.34. The van der Waals surface area contributed by atoms with Crippen molar-refractivity contribution in [3.8, 4) is 5.75 Å². The summed E-state index contributed by atoms with van der Waals surface area (Å²) < 4.78 is 5.60. The molecule has 4 heteroatoms. The van der Waals surface area contributed by atoms with Crippen molar-refractivity contribution in [3.05, 3.63) is 24.3 Å². The van der Waals surface area contributed by atoms with Crippen molar-refractivity contribution < 1.29 is 9.53 Å². The van der Waals surface area contributed by atoms with Crippen molar-refractivity contribution in [1.82, 2.24) is 5.32 Å². The van der Waals surface area contributed by atoms with Crippen LogP contribution in [0.25, 0.3) is 0 Å². The van der Waals surface area contributed by atoms with Crippen LogP contribution in [0.1, 0.15) is 39.5 Å². The second-order valence-corrected chi connectivity index (χ2v) is 6.19. The molecule has 1 aliphatic rings. The smallest absolute Gasteiger partial charge is 0.224 e. The van der Waals surface area contributed by atoms with Crippen molar-refractivity contribution >= 4 is 11.6 Å². The second kappa shape index (κ2) is 8.79. The zero-order valence-electron chi connectivity index (χ0n) is 13.7. The number of nitrogens with one attached hydrogen (secondary N) is 2. The molecule has 2 rings (SSSR count). The lowest BCUT2D eigenvalue weighted by Crippen LogP contribution is -2.32. The third-order valence-corrected chi connectivity index (χ3v) is 4.29. The molecule has 1 aliphatic heterocycles. The summed E-state index contributed by atoms with van der Waals surface area (Å²) in [6, 6.07) is 7.63. The molecule has 0 aliphatic carbocycles. The van der Waals surface area contributed by atoms with Gasteiger partial charge in [0.2, 0.25) is 5.91 Å². The van der Waals surface area contributed by atoms with E-state index in [-0.39, 0.29) is 5.91 Å². The Labute approximate surface area is 133 Å². The monoisotopic (exact) mass is 304 g/mol. The van der Waals surface area contributed by atoms with Crippen molar-refractivity contribution in [2.45, 2.75) is 39.5 Å². The molecule has 0 spiro atoms. The third-order valence-electron chi connectivity index (χ3n) is 4.29. The van der Waals surface area contributed by atoms with E-state index in [9.17, 15) is 4.79 Å². The number of amides is 1. The van der Waals surface area contributed by atoms with E-state index < -0.39 is 0 Å². The minimum Gasteiger partial charge on any atom is -0.494 e. The van der Waals surface area contributed by atoms with Crippen LogP contribution in [0.2, 0.25) is 0 Å². The van der Waals surface area contributed by atoms with Crippen LogP contribution in [-0.2, 0) is 4.79 Å². The molecule has 0 aromatic heterocycles. The molecular formula is C18H28N2O2. The average Bonchev–Trinajstić information content (AvgIpc) is 2.54. The summed E-state index contributed by atoms with van der Waals surface area (Å²) in [5, 5.41) is 6.37. The van der Waals surface area contributed by atoms with Gasteiger partial charge in [0.25, 0.3) is 0 Å². The van der Waals surface area contributed by atoms with Crippen LogP contribution in [0.5, 0.6) is 5.75 Å². The summed E-state index contributed by atoms with van der Waals surface area (Å²) in [7, 11) is 0. The maximum absolute atomic E-state index is 12.2. The predicted molar refractivity (Wildman–Crippen MR) is 90.2 cm³/mol. The van der Waals surface area contributed by atoms with Gasteiger partial charge in [-0.3, -0.25) is 4.79 Å². The van der Waals surface area contributed by atoms with E-state index in [1.54, 1.807) is 0 Å². The molecule has 0 radical (unpaired) electrons. The van der Waals surface area contributed by atoms with Gasteiger partial charge in [0, 0.05) is 18.2 Å². The summed E-state index contributed by atoms with van der Waals surface area (Å²) >= 11 is 0. The highest BCUT2D eigenvalue weighted by atomic mass is 16.5. The summed E-state index contributed by atoms with van der Waals surface area (Å²) in [6.07, 6.45) is 3.92. The molecule has 1 atom stereocenters. The van der Waals surface area contributed by atoms with E-state index in [1.807, 2.05) is 24.3 Å². The zero-order valence-corrected chi connectivity index (χ0v) is 13.7. The minimum atomic E-state index is 0.0960. The lowest BCUT2D eigenvalue weighted by atomic mass is 9.84. The summed E-state index contributed by atoms with van der Waals surface area (Å²) in [6.45, 7) is 7.12. The molecule has 0 saturated carbocycles. The molecule has 1 aromatic rings. The van der Waals surface area contributed by atoms with Crippen LogP contribution in [-0.4, -0.2) is 25.6 Å².